The lowest BCUT2D eigenvalue weighted by Gasteiger charge is -2.33. The molecule has 3 aliphatic rings. The van der Waals surface area contributed by atoms with Crippen LogP contribution < -0.4 is 21.0 Å². The molecule has 0 unspecified atom stereocenters. The third kappa shape index (κ3) is 4.31. The Morgan fingerprint density at radius 1 is 1.03 bits per heavy atom. The quantitative estimate of drug-likeness (QED) is 0.493. The van der Waals surface area contributed by atoms with Crippen molar-refractivity contribution in [3.63, 3.8) is 0 Å². The van der Waals surface area contributed by atoms with E-state index >= 15 is 0 Å². The maximum absolute atomic E-state index is 13.7. The smallest absolute Gasteiger partial charge is 0.259 e. The summed E-state index contributed by atoms with van der Waals surface area (Å²) in [5, 5.41) is 6.73. The van der Waals surface area contributed by atoms with E-state index in [0.717, 1.165) is 43.1 Å². The molecule has 37 heavy (non-hydrogen) atoms. The minimum absolute atomic E-state index is 0.123. The number of fused-ring (bicyclic) bond motifs is 5. The fraction of sp³-hybridized carbons (Fsp3) is 0.407. The Hall–Kier alpha value is -3.92. The zero-order valence-corrected chi connectivity index (χ0v) is 20.8. The first kappa shape index (κ1) is 23.5. The molecule has 0 aliphatic carbocycles. The molecule has 0 spiro atoms. The van der Waals surface area contributed by atoms with Crippen LogP contribution in [0, 0.1) is 0 Å². The highest BCUT2D eigenvalue weighted by Crippen LogP contribution is 2.32. The van der Waals surface area contributed by atoms with Crippen molar-refractivity contribution in [1.82, 2.24) is 24.7 Å². The first-order chi connectivity index (χ1) is 18.1. The molecule has 1 aromatic carbocycles. The lowest BCUT2D eigenvalue weighted by molar-refractivity contribution is -0.118. The Bertz CT molecular complexity index is 1410. The first-order valence-electron chi connectivity index (χ1n) is 13.0. The van der Waals surface area contributed by atoms with Crippen molar-refractivity contribution in [3.8, 4) is 5.69 Å². The molecular formula is C27H31N7O3. The van der Waals surface area contributed by atoms with E-state index in [1.54, 1.807) is 11.0 Å². The second kappa shape index (κ2) is 9.85. The summed E-state index contributed by atoms with van der Waals surface area (Å²) in [6, 6.07) is 11.6. The van der Waals surface area contributed by atoms with Gasteiger partial charge in [0.2, 0.25) is 11.8 Å². The summed E-state index contributed by atoms with van der Waals surface area (Å²) in [7, 11) is 0. The van der Waals surface area contributed by atoms with Gasteiger partial charge in [-0.05, 0) is 49.7 Å². The summed E-state index contributed by atoms with van der Waals surface area (Å²) in [4.78, 5) is 49.4. The highest BCUT2D eigenvalue weighted by atomic mass is 16.2. The molecule has 2 N–H and O–H groups in total. The minimum Gasteiger partial charge on any atom is -0.366 e. The number of carbonyl (C=O) groups is 2. The van der Waals surface area contributed by atoms with E-state index in [1.807, 2.05) is 34.9 Å². The van der Waals surface area contributed by atoms with Crippen molar-refractivity contribution < 1.29 is 9.59 Å². The summed E-state index contributed by atoms with van der Waals surface area (Å²) in [5.74, 6) is 0.860. The van der Waals surface area contributed by atoms with Gasteiger partial charge < -0.3 is 25.3 Å². The van der Waals surface area contributed by atoms with Crippen LogP contribution in [0.3, 0.4) is 0 Å². The number of carbonyl (C=O) groups excluding carboxylic acids is 2. The monoisotopic (exact) mass is 501 g/mol. The van der Waals surface area contributed by atoms with E-state index in [9.17, 15) is 14.4 Å². The Morgan fingerprint density at radius 2 is 1.81 bits per heavy atom. The van der Waals surface area contributed by atoms with E-state index in [0.29, 0.717) is 56.1 Å². The third-order valence-corrected chi connectivity index (χ3v) is 7.61. The topological polar surface area (TPSA) is 103 Å². The van der Waals surface area contributed by atoms with Gasteiger partial charge in [0, 0.05) is 45.8 Å². The van der Waals surface area contributed by atoms with Crippen molar-refractivity contribution in [1.29, 1.82) is 0 Å². The fourth-order valence-electron chi connectivity index (χ4n) is 5.57. The van der Waals surface area contributed by atoms with Crippen LogP contribution in [0.15, 0.2) is 41.2 Å². The summed E-state index contributed by atoms with van der Waals surface area (Å²) in [6.45, 7) is 6.49. The van der Waals surface area contributed by atoms with Crippen LogP contribution in [0.25, 0.3) is 16.7 Å². The summed E-state index contributed by atoms with van der Waals surface area (Å²) in [6.07, 6.45) is 3.26. The first-order valence-corrected chi connectivity index (χ1v) is 13.0. The van der Waals surface area contributed by atoms with Crippen LogP contribution >= 0.6 is 0 Å². The molecule has 2 aromatic heterocycles. The normalized spacial score (nSPS) is 17.3. The number of nitrogens with zero attached hydrogens (tertiary/aromatic N) is 5. The van der Waals surface area contributed by atoms with Gasteiger partial charge in [0.1, 0.15) is 17.2 Å². The maximum atomic E-state index is 13.7. The number of piperazine rings is 1. The van der Waals surface area contributed by atoms with Crippen LogP contribution in [-0.2, 0) is 11.3 Å². The number of nitrogens with one attached hydrogen (secondary N) is 2. The minimum atomic E-state index is -0.365. The van der Waals surface area contributed by atoms with Crippen molar-refractivity contribution in [2.45, 2.75) is 19.4 Å². The largest absolute Gasteiger partial charge is 0.366 e. The van der Waals surface area contributed by atoms with Gasteiger partial charge in [0.15, 0.2) is 5.65 Å². The second-order valence-electron chi connectivity index (χ2n) is 9.84. The molecule has 3 aromatic rings. The number of rotatable bonds is 6. The van der Waals surface area contributed by atoms with Gasteiger partial charge in [-0.3, -0.25) is 19.0 Å². The number of benzene rings is 1. The molecule has 0 atom stereocenters. The Morgan fingerprint density at radius 3 is 2.59 bits per heavy atom. The van der Waals surface area contributed by atoms with E-state index < -0.39 is 0 Å². The molecule has 5 heterocycles. The van der Waals surface area contributed by atoms with Crippen molar-refractivity contribution in [2.24, 2.45) is 0 Å². The SMILES string of the molecule is O=CN1CCN(c2ccc3c(=O)c(C(=O)NCCN4CCCC4)c4n(c3n2)-c2ccccc2CN4)CC1. The summed E-state index contributed by atoms with van der Waals surface area (Å²) >= 11 is 0. The molecule has 0 bridgehead atoms. The number of para-hydroxylation sites is 1. The zero-order valence-electron chi connectivity index (χ0n) is 20.8. The predicted molar refractivity (Wildman–Crippen MR) is 143 cm³/mol. The molecule has 2 amide bonds. The Labute approximate surface area is 214 Å². The zero-order chi connectivity index (χ0) is 25.4. The standard InChI is InChI=1S/C27H31N7O3/c35-18-32-13-15-33(16-14-32)22-8-7-20-24(36)23(27(37)28-9-12-31-10-3-4-11-31)26-29-17-19-5-1-2-6-21(19)34(26)25(20)30-22/h1-2,5-8,18,29H,3-4,9-17H2,(H,28,37). The number of amides is 2. The third-order valence-electron chi connectivity index (χ3n) is 7.61. The van der Waals surface area contributed by atoms with Crippen LogP contribution in [0.1, 0.15) is 28.8 Å². The highest BCUT2D eigenvalue weighted by Gasteiger charge is 2.28. The number of aromatic nitrogens is 2. The lowest BCUT2D eigenvalue weighted by atomic mass is 10.1. The number of hydrogen-bond acceptors (Lipinski definition) is 7. The van der Waals surface area contributed by atoms with Crippen LogP contribution in [0.2, 0.25) is 0 Å². The van der Waals surface area contributed by atoms with E-state index in [4.69, 9.17) is 4.98 Å². The van der Waals surface area contributed by atoms with Crippen molar-refractivity contribution in [3.05, 3.63) is 57.7 Å². The average Bonchev–Trinajstić information content (AvgIpc) is 3.46. The van der Waals surface area contributed by atoms with Gasteiger partial charge in [0.25, 0.3) is 5.91 Å². The molecule has 10 heteroatoms. The summed E-state index contributed by atoms with van der Waals surface area (Å²) < 4.78 is 1.91. The maximum Gasteiger partial charge on any atom is 0.259 e. The molecule has 3 aliphatic heterocycles. The molecule has 2 saturated heterocycles. The molecule has 2 fully saturated rings. The van der Waals surface area contributed by atoms with E-state index in [1.165, 1.54) is 12.8 Å². The summed E-state index contributed by atoms with van der Waals surface area (Å²) in [5.41, 5.74) is 2.28. The predicted octanol–water partition coefficient (Wildman–Crippen LogP) is 1.42. The molecule has 0 saturated carbocycles. The molecule has 10 nitrogen and oxygen atoms in total. The van der Waals surface area contributed by atoms with Gasteiger partial charge in [-0.25, -0.2) is 4.98 Å². The van der Waals surface area contributed by atoms with E-state index in [-0.39, 0.29) is 16.9 Å². The van der Waals surface area contributed by atoms with Gasteiger partial charge in [-0.15, -0.1) is 0 Å². The average molecular weight is 502 g/mol. The number of hydrogen-bond donors (Lipinski definition) is 2. The number of likely N-dealkylation sites (tertiary alicyclic amines) is 1. The van der Waals surface area contributed by atoms with Gasteiger partial charge in [-0.2, -0.15) is 0 Å². The van der Waals surface area contributed by atoms with Gasteiger partial charge >= 0.3 is 0 Å². The Kier molecular flexibility index (Phi) is 6.25. The molecule has 6 rings (SSSR count). The highest BCUT2D eigenvalue weighted by molar-refractivity contribution is 6.03. The number of anilines is 2. The van der Waals surface area contributed by atoms with E-state index in [2.05, 4.69) is 20.4 Å². The van der Waals surface area contributed by atoms with Crippen molar-refractivity contribution >= 4 is 35.0 Å². The van der Waals surface area contributed by atoms with Crippen LogP contribution in [0.5, 0.6) is 0 Å². The second-order valence-corrected chi connectivity index (χ2v) is 9.84. The van der Waals surface area contributed by atoms with Gasteiger partial charge in [-0.1, -0.05) is 18.2 Å². The number of pyridine rings is 2. The van der Waals surface area contributed by atoms with Crippen LogP contribution in [0.4, 0.5) is 11.6 Å². The molecule has 0 radical (unpaired) electrons. The van der Waals surface area contributed by atoms with Crippen molar-refractivity contribution in [2.75, 3.05) is 62.6 Å². The van der Waals surface area contributed by atoms with Crippen LogP contribution in [-0.4, -0.2) is 84.0 Å². The lowest BCUT2D eigenvalue weighted by Crippen LogP contribution is -2.46. The fourth-order valence-corrected chi connectivity index (χ4v) is 5.57. The Balaban J connectivity index is 1.42. The molecule has 192 valence electrons. The van der Waals surface area contributed by atoms with Gasteiger partial charge in [0.05, 0.1) is 11.1 Å². The molecular weight excluding hydrogens is 470 g/mol.